The molecule has 10 heteroatoms. The summed E-state index contributed by atoms with van der Waals surface area (Å²) in [6, 6.07) is 7.89. The Morgan fingerprint density at radius 2 is 2.03 bits per heavy atom. The van der Waals surface area contributed by atoms with Crippen LogP contribution in [0, 0.1) is 0 Å². The summed E-state index contributed by atoms with van der Waals surface area (Å²) in [5.41, 5.74) is 0.568. The first-order chi connectivity index (χ1) is 14.4. The standard InChI is InChI=1S/C20H19ClN2O5S2/c21-16-7-6-14(11-18(16)30(25,26)23-8-2-1-3-9-23)20(24)28-13-15-12-27-19(22-15)17-5-4-10-29-17/h4-7,10-12H,1-3,8-9,13H2. The molecule has 1 fully saturated rings. The van der Waals surface area contributed by atoms with Crippen molar-refractivity contribution in [1.82, 2.24) is 9.29 Å². The molecule has 0 spiro atoms. The van der Waals surface area contributed by atoms with Gasteiger partial charge in [0.05, 0.1) is 15.5 Å². The molecule has 0 atom stereocenters. The Labute approximate surface area is 183 Å². The highest BCUT2D eigenvalue weighted by Crippen LogP contribution is 2.28. The molecule has 1 aromatic carbocycles. The van der Waals surface area contributed by atoms with Crippen LogP contribution < -0.4 is 0 Å². The normalized spacial score (nSPS) is 15.2. The largest absolute Gasteiger partial charge is 0.455 e. The maximum absolute atomic E-state index is 12.9. The molecule has 158 valence electrons. The number of carbonyl (C=O) groups is 1. The molecular formula is C20H19ClN2O5S2. The molecule has 30 heavy (non-hydrogen) atoms. The lowest BCUT2D eigenvalue weighted by molar-refractivity contribution is 0.0467. The average molecular weight is 467 g/mol. The third-order valence-electron chi connectivity index (χ3n) is 4.73. The average Bonchev–Trinajstić information content (AvgIpc) is 3.45. The number of sulfonamides is 1. The molecule has 3 aromatic rings. The van der Waals surface area contributed by atoms with Crippen molar-refractivity contribution in [3.05, 3.63) is 58.3 Å². The van der Waals surface area contributed by atoms with Gasteiger partial charge in [-0.25, -0.2) is 18.2 Å². The molecule has 7 nitrogen and oxygen atoms in total. The van der Waals surface area contributed by atoms with Gasteiger partial charge >= 0.3 is 5.97 Å². The highest BCUT2D eigenvalue weighted by Gasteiger charge is 2.29. The number of rotatable bonds is 6. The van der Waals surface area contributed by atoms with Gasteiger partial charge in [-0.1, -0.05) is 24.1 Å². The van der Waals surface area contributed by atoms with Crippen LogP contribution in [0.25, 0.3) is 10.8 Å². The second-order valence-electron chi connectivity index (χ2n) is 6.81. The van der Waals surface area contributed by atoms with Gasteiger partial charge < -0.3 is 9.15 Å². The van der Waals surface area contributed by atoms with Gasteiger partial charge in [-0.15, -0.1) is 11.3 Å². The van der Waals surface area contributed by atoms with Crippen LogP contribution in [-0.4, -0.2) is 36.8 Å². The first-order valence-corrected chi connectivity index (χ1v) is 12.1. The van der Waals surface area contributed by atoms with Crippen molar-refractivity contribution in [2.75, 3.05) is 13.1 Å². The molecule has 1 aliphatic rings. The van der Waals surface area contributed by atoms with Crippen LogP contribution in [-0.2, 0) is 21.4 Å². The number of aromatic nitrogens is 1. The summed E-state index contributed by atoms with van der Waals surface area (Å²) in [7, 11) is -3.77. The maximum atomic E-state index is 12.9. The second-order valence-corrected chi connectivity index (χ2v) is 10.1. The minimum atomic E-state index is -3.77. The zero-order valence-electron chi connectivity index (χ0n) is 15.9. The molecule has 3 heterocycles. The fourth-order valence-electron chi connectivity index (χ4n) is 3.18. The van der Waals surface area contributed by atoms with E-state index in [1.54, 1.807) is 0 Å². The van der Waals surface area contributed by atoms with E-state index in [0.717, 1.165) is 24.1 Å². The van der Waals surface area contributed by atoms with E-state index in [1.165, 1.54) is 40.1 Å². The third kappa shape index (κ3) is 4.44. The SMILES string of the molecule is O=C(OCc1coc(-c2cccs2)n1)c1ccc(Cl)c(S(=O)(=O)N2CCCCC2)c1. The lowest BCUT2D eigenvalue weighted by atomic mass is 10.2. The van der Waals surface area contributed by atoms with Crippen LogP contribution >= 0.6 is 22.9 Å². The number of ether oxygens (including phenoxy) is 1. The molecule has 0 bridgehead atoms. The number of esters is 1. The maximum Gasteiger partial charge on any atom is 0.338 e. The van der Waals surface area contributed by atoms with Gasteiger partial charge in [-0.2, -0.15) is 4.31 Å². The number of hydrogen-bond donors (Lipinski definition) is 0. The predicted molar refractivity (Wildman–Crippen MR) is 113 cm³/mol. The van der Waals surface area contributed by atoms with Gasteiger partial charge in [0.25, 0.3) is 0 Å². The van der Waals surface area contributed by atoms with Gasteiger partial charge in [0.1, 0.15) is 23.5 Å². The molecule has 0 amide bonds. The van der Waals surface area contributed by atoms with Crippen LogP contribution in [0.4, 0.5) is 0 Å². The molecule has 0 saturated carbocycles. The Morgan fingerprint density at radius 3 is 2.77 bits per heavy atom. The Balaban J connectivity index is 1.47. The first kappa shape index (κ1) is 21.0. The molecule has 2 aromatic heterocycles. The van der Waals surface area contributed by atoms with Gasteiger partial charge in [0.2, 0.25) is 15.9 Å². The minimum absolute atomic E-state index is 0.0780. The van der Waals surface area contributed by atoms with Crippen molar-refractivity contribution < 1.29 is 22.4 Å². The van der Waals surface area contributed by atoms with Crippen LogP contribution in [0.2, 0.25) is 5.02 Å². The van der Waals surface area contributed by atoms with Crippen molar-refractivity contribution in [2.45, 2.75) is 30.8 Å². The molecule has 4 rings (SSSR count). The first-order valence-electron chi connectivity index (χ1n) is 9.40. The molecular weight excluding hydrogens is 448 g/mol. The number of carbonyl (C=O) groups excluding carboxylic acids is 1. The summed E-state index contributed by atoms with van der Waals surface area (Å²) in [5.74, 6) is -0.208. The number of oxazole rings is 1. The van der Waals surface area contributed by atoms with Crippen molar-refractivity contribution in [2.24, 2.45) is 0 Å². The summed E-state index contributed by atoms with van der Waals surface area (Å²) in [4.78, 5) is 17.6. The Hall–Kier alpha value is -2.20. The Bertz CT molecular complexity index is 1140. The summed E-state index contributed by atoms with van der Waals surface area (Å²) in [6.07, 6.45) is 4.05. The van der Waals surface area contributed by atoms with E-state index in [0.29, 0.717) is 24.7 Å². The molecule has 0 unspecified atom stereocenters. The van der Waals surface area contributed by atoms with Gasteiger partial charge in [-0.3, -0.25) is 0 Å². The minimum Gasteiger partial charge on any atom is -0.455 e. The van der Waals surface area contributed by atoms with Crippen molar-refractivity contribution in [3.8, 4) is 10.8 Å². The van der Waals surface area contributed by atoms with E-state index in [-0.39, 0.29) is 22.1 Å². The molecule has 1 saturated heterocycles. The molecule has 0 aliphatic carbocycles. The summed E-state index contributed by atoms with van der Waals surface area (Å²) >= 11 is 7.64. The number of benzene rings is 1. The second kappa shape index (κ2) is 8.89. The fourth-order valence-corrected chi connectivity index (χ4v) is 5.85. The summed E-state index contributed by atoms with van der Waals surface area (Å²) in [6.45, 7) is 0.808. The van der Waals surface area contributed by atoms with E-state index in [1.807, 2.05) is 17.5 Å². The van der Waals surface area contributed by atoms with E-state index >= 15 is 0 Å². The zero-order chi connectivity index (χ0) is 21.1. The Kier molecular flexibility index (Phi) is 6.24. The topological polar surface area (TPSA) is 89.7 Å². The number of hydrogen-bond acceptors (Lipinski definition) is 7. The monoisotopic (exact) mass is 466 g/mol. The molecule has 0 radical (unpaired) electrons. The molecule has 0 N–H and O–H groups in total. The van der Waals surface area contributed by atoms with Crippen molar-refractivity contribution in [1.29, 1.82) is 0 Å². The Morgan fingerprint density at radius 1 is 1.23 bits per heavy atom. The van der Waals surface area contributed by atoms with Crippen LogP contribution in [0.5, 0.6) is 0 Å². The van der Waals surface area contributed by atoms with Crippen molar-refractivity contribution >= 4 is 38.9 Å². The van der Waals surface area contributed by atoms with Crippen LogP contribution in [0.1, 0.15) is 35.3 Å². The third-order valence-corrected chi connectivity index (χ3v) is 7.97. The lowest BCUT2D eigenvalue weighted by Gasteiger charge is -2.26. The van der Waals surface area contributed by atoms with Crippen LogP contribution in [0.3, 0.4) is 0 Å². The van der Waals surface area contributed by atoms with E-state index < -0.39 is 16.0 Å². The summed E-state index contributed by atoms with van der Waals surface area (Å²) in [5, 5.41) is 1.99. The number of thiophene rings is 1. The number of nitrogens with zero attached hydrogens (tertiary/aromatic N) is 2. The van der Waals surface area contributed by atoms with Gasteiger partial charge in [0, 0.05) is 13.1 Å². The van der Waals surface area contributed by atoms with Crippen LogP contribution in [0.15, 0.2) is 51.3 Å². The van der Waals surface area contributed by atoms with E-state index in [9.17, 15) is 13.2 Å². The highest BCUT2D eigenvalue weighted by molar-refractivity contribution is 7.89. The quantitative estimate of drug-likeness (QED) is 0.493. The smallest absolute Gasteiger partial charge is 0.338 e. The zero-order valence-corrected chi connectivity index (χ0v) is 18.3. The predicted octanol–water partition coefficient (Wildman–Crippen LogP) is 4.59. The lowest BCUT2D eigenvalue weighted by Crippen LogP contribution is -2.35. The highest BCUT2D eigenvalue weighted by atomic mass is 35.5. The molecule has 1 aliphatic heterocycles. The van der Waals surface area contributed by atoms with E-state index in [4.69, 9.17) is 20.8 Å². The van der Waals surface area contributed by atoms with Crippen molar-refractivity contribution in [3.63, 3.8) is 0 Å². The number of halogens is 1. The fraction of sp³-hybridized carbons (Fsp3) is 0.300. The number of piperidine rings is 1. The van der Waals surface area contributed by atoms with Gasteiger partial charge in [-0.05, 0) is 42.5 Å². The summed E-state index contributed by atoms with van der Waals surface area (Å²) < 4.78 is 38.0. The van der Waals surface area contributed by atoms with E-state index in [2.05, 4.69) is 4.98 Å². The van der Waals surface area contributed by atoms with Gasteiger partial charge in [0.15, 0.2) is 0 Å².